The van der Waals surface area contributed by atoms with Crippen LogP contribution in [-0.4, -0.2) is 28.1 Å². The summed E-state index contributed by atoms with van der Waals surface area (Å²) in [6.45, 7) is 6.46. The molecule has 1 aromatic heterocycles. The molecule has 0 aliphatic heterocycles. The predicted molar refractivity (Wildman–Crippen MR) is 96.8 cm³/mol. The van der Waals surface area contributed by atoms with Gasteiger partial charge < -0.3 is 10.6 Å². The van der Waals surface area contributed by atoms with Crippen LogP contribution in [0.25, 0.3) is 0 Å². The molecule has 0 bridgehead atoms. The summed E-state index contributed by atoms with van der Waals surface area (Å²) in [5.41, 5.74) is 5.60. The molecule has 3 rings (SSSR count). The maximum Gasteiger partial charge on any atom is 0.251 e. The fourth-order valence-electron chi connectivity index (χ4n) is 3.35. The van der Waals surface area contributed by atoms with E-state index in [1.165, 1.54) is 11.1 Å². The van der Waals surface area contributed by atoms with Gasteiger partial charge in [-0.15, -0.1) is 0 Å². The molecule has 132 valence electrons. The fraction of sp³-hybridized carbons (Fsp3) is 0.421. The molecule has 25 heavy (non-hydrogen) atoms. The number of benzene rings is 1. The molecule has 1 heterocycles. The minimum atomic E-state index is -0.253. The molecule has 0 fully saturated rings. The number of nitrogens with one attached hydrogen (secondary N) is 2. The predicted octanol–water partition coefficient (Wildman–Crippen LogP) is 2.38. The molecule has 2 amide bonds. The van der Waals surface area contributed by atoms with Crippen LogP contribution in [0, 0.1) is 13.8 Å². The lowest BCUT2D eigenvalue weighted by atomic mass is 10.1. The van der Waals surface area contributed by atoms with Crippen molar-refractivity contribution in [2.75, 3.05) is 11.9 Å². The Morgan fingerprint density at radius 3 is 2.68 bits per heavy atom. The van der Waals surface area contributed by atoms with Gasteiger partial charge in [-0.2, -0.15) is 5.10 Å². The highest BCUT2D eigenvalue weighted by Crippen LogP contribution is 2.23. The Kier molecular flexibility index (Phi) is 4.88. The van der Waals surface area contributed by atoms with Gasteiger partial charge in [-0.05, 0) is 63.3 Å². The number of hydrogen-bond acceptors (Lipinski definition) is 3. The molecule has 2 aromatic rings. The third kappa shape index (κ3) is 3.57. The standard InChI is InChI=1S/C19H24N4O2/c1-4-23-13(3)18(12(2)22-23)21-17(24)11-20-19(25)16-9-8-14-6-5-7-15(14)10-16/h8-10H,4-7,11H2,1-3H3,(H,20,25)(H,21,24). The first kappa shape index (κ1) is 17.2. The van der Waals surface area contributed by atoms with Crippen LogP contribution in [0.5, 0.6) is 0 Å². The molecular weight excluding hydrogens is 316 g/mol. The van der Waals surface area contributed by atoms with E-state index in [1.807, 2.05) is 43.7 Å². The number of rotatable bonds is 5. The Balaban J connectivity index is 1.59. The maximum absolute atomic E-state index is 12.3. The Hall–Kier alpha value is -2.63. The van der Waals surface area contributed by atoms with Crippen molar-refractivity contribution in [3.63, 3.8) is 0 Å². The van der Waals surface area contributed by atoms with E-state index < -0.39 is 0 Å². The number of amides is 2. The van der Waals surface area contributed by atoms with Crippen molar-refractivity contribution in [1.82, 2.24) is 15.1 Å². The van der Waals surface area contributed by atoms with Crippen LogP contribution < -0.4 is 10.6 Å². The van der Waals surface area contributed by atoms with Crippen molar-refractivity contribution in [2.45, 2.75) is 46.6 Å². The van der Waals surface area contributed by atoms with E-state index in [9.17, 15) is 9.59 Å². The molecule has 6 nitrogen and oxygen atoms in total. The number of anilines is 1. The fourth-order valence-corrected chi connectivity index (χ4v) is 3.35. The average molecular weight is 340 g/mol. The minimum Gasteiger partial charge on any atom is -0.343 e. The zero-order valence-corrected chi connectivity index (χ0v) is 15.0. The van der Waals surface area contributed by atoms with Crippen LogP contribution in [0.15, 0.2) is 18.2 Å². The quantitative estimate of drug-likeness (QED) is 0.877. The van der Waals surface area contributed by atoms with Crippen molar-refractivity contribution < 1.29 is 9.59 Å². The summed E-state index contributed by atoms with van der Waals surface area (Å²) in [6.07, 6.45) is 3.26. The van der Waals surface area contributed by atoms with Gasteiger partial charge in [-0.3, -0.25) is 14.3 Å². The van der Waals surface area contributed by atoms with Gasteiger partial charge >= 0.3 is 0 Å². The van der Waals surface area contributed by atoms with E-state index in [2.05, 4.69) is 15.7 Å². The van der Waals surface area contributed by atoms with E-state index >= 15 is 0 Å². The van der Waals surface area contributed by atoms with Gasteiger partial charge in [0, 0.05) is 12.1 Å². The molecule has 1 aliphatic rings. The molecule has 0 saturated heterocycles. The van der Waals surface area contributed by atoms with E-state index in [-0.39, 0.29) is 18.4 Å². The number of carbonyl (C=O) groups is 2. The molecular formula is C19H24N4O2. The second kappa shape index (κ2) is 7.09. The SMILES string of the molecule is CCn1nc(C)c(NC(=O)CNC(=O)c2ccc3c(c2)CCC3)c1C. The summed E-state index contributed by atoms with van der Waals surface area (Å²) in [7, 11) is 0. The van der Waals surface area contributed by atoms with Gasteiger partial charge in [0.25, 0.3) is 5.91 Å². The van der Waals surface area contributed by atoms with E-state index in [1.54, 1.807) is 0 Å². The molecule has 2 N–H and O–H groups in total. The minimum absolute atomic E-state index is 0.0634. The van der Waals surface area contributed by atoms with E-state index in [0.717, 1.165) is 42.9 Å². The summed E-state index contributed by atoms with van der Waals surface area (Å²) < 4.78 is 1.84. The zero-order chi connectivity index (χ0) is 18.0. The Labute approximate surface area is 147 Å². The Morgan fingerprint density at radius 2 is 1.96 bits per heavy atom. The first-order valence-corrected chi connectivity index (χ1v) is 8.73. The molecule has 0 spiro atoms. The number of hydrogen-bond donors (Lipinski definition) is 2. The van der Waals surface area contributed by atoms with Gasteiger partial charge in [-0.1, -0.05) is 6.07 Å². The summed E-state index contributed by atoms with van der Waals surface area (Å²) in [5, 5.41) is 9.91. The summed E-state index contributed by atoms with van der Waals surface area (Å²) >= 11 is 0. The number of carbonyl (C=O) groups excluding carboxylic acids is 2. The smallest absolute Gasteiger partial charge is 0.251 e. The topological polar surface area (TPSA) is 76.0 Å². The first-order valence-electron chi connectivity index (χ1n) is 8.73. The normalized spacial score (nSPS) is 12.8. The highest BCUT2D eigenvalue weighted by molar-refractivity contribution is 5.99. The summed E-state index contributed by atoms with van der Waals surface area (Å²) in [4.78, 5) is 24.5. The lowest BCUT2D eigenvalue weighted by molar-refractivity contribution is -0.115. The average Bonchev–Trinajstić information content (AvgIpc) is 3.18. The monoisotopic (exact) mass is 340 g/mol. The van der Waals surface area contributed by atoms with Gasteiger partial charge in [0.15, 0.2) is 0 Å². The third-order valence-electron chi connectivity index (χ3n) is 4.72. The van der Waals surface area contributed by atoms with Gasteiger partial charge in [0.2, 0.25) is 5.91 Å². The van der Waals surface area contributed by atoms with Crippen molar-refractivity contribution in [3.05, 3.63) is 46.3 Å². The Bertz CT molecular complexity index is 823. The first-order chi connectivity index (χ1) is 12.0. The number of nitrogens with zero attached hydrogens (tertiary/aromatic N) is 2. The highest BCUT2D eigenvalue weighted by Gasteiger charge is 2.16. The Morgan fingerprint density at radius 1 is 1.20 bits per heavy atom. The zero-order valence-electron chi connectivity index (χ0n) is 15.0. The summed E-state index contributed by atoms with van der Waals surface area (Å²) in [6, 6.07) is 5.79. The largest absolute Gasteiger partial charge is 0.343 e. The molecule has 1 aliphatic carbocycles. The van der Waals surface area contributed by atoms with E-state index in [0.29, 0.717) is 5.56 Å². The van der Waals surface area contributed by atoms with Gasteiger partial charge in [-0.25, -0.2) is 0 Å². The van der Waals surface area contributed by atoms with Gasteiger partial charge in [0.1, 0.15) is 0 Å². The number of aryl methyl sites for hydroxylation is 4. The van der Waals surface area contributed by atoms with Crippen molar-refractivity contribution in [3.8, 4) is 0 Å². The molecule has 1 aromatic carbocycles. The lowest BCUT2D eigenvalue weighted by Crippen LogP contribution is -2.33. The molecule has 0 saturated carbocycles. The second-order valence-corrected chi connectivity index (χ2v) is 6.43. The maximum atomic E-state index is 12.3. The number of fused-ring (bicyclic) bond motifs is 1. The highest BCUT2D eigenvalue weighted by atomic mass is 16.2. The van der Waals surface area contributed by atoms with Crippen LogP contribution in [0.2, 0.25) is 0 Å². The molecule has 6 heteroatoms. The van der Waals surface area contributed by atoms with Crippen LogP contribution in [0.4, 0.5) is 5.69 Å². The lowest BCUT2D eigenvalue weighted by Gasteiger charge is -2.09. The van der Waals surface area contributed by atoms with Crippen molar-refractivity contribution in [1.29, 1.82) is 0 Å². The van der Waals surface area contributed by atoms with Gasteiger partial charge in [0.05, 0.1) is 23.6 Å². The van der Waals surface area contributed by atoms with E-state index in [4.69, 9.17) is 0 Å². The van der Waals surface area contributed by atoms with Crippen LogP contribution in [0.1, 0.15) is 46.2 Å². The second-order valence-electron chi connectivity index (χ2n) is 6.43. The molecule has 0 atom stereocenters. The number of aromatic nitrogens is 2. The van der Waals surface area contributed by atoms with Crippen molar-refractivity contribution in [2.24, 2.45) is 0 Å². The third-order valence-corrected chi connectivity index (χ3v) is 4.72. The van der Waals surface area contributed by atoms with Crippen molar-refractivity contribution >= 4 is 17.5 Å². The molecule has 0 radical (unpaired) electrons. The van der Waals surface area contributed by atoms with Crippen LogP contribution in [-0.2, 0) is 24.2 Å². The summed E-state index contributed by atoms with van der Waals surface area (Å²) in [5.74, 6) is -0.473. The molecule has 0 unspecified atom stereocenters. The van der Waals surface area contributed by atoms with Crippen LogP contribution >= 0.6 is 0 Å². The van der Waals surface area contributed by atoms with Crippen LogP contribution in [0.3, 0.4) is 0 Å².